The Bertz CT molecular complexity index is 488. The fourth-order valence-corrected chi connectivity index (χ4v) is 2.40. The van der Waals surface area contributed by atoms with Gasteiger partial charge >= 0.3 is 6.09 Å². The smallest absolute Gasteiger partial charge is 0.407 e. The second-order valence-corrected chi connectivity index (χ2v) is 6.94. The topological polar surface area (TPSA) is 59.6 Å². The zero-order chi connectivity index (χ0) is 16.7. The molecule has 1 fully saturated rings. The highest BCUT2D eigenvalue weighted by Crippen LogP contribution is 2.09. The van der Waals surface area contributed by atoms with Crippen LogP contribution in [0.15, 0.2) is 24.3 Å². The largest absolute Gasteiger partial charge is 0.444 e. The summed E-state index contributed by atoms with van der Waals surface area (Å²) in [6.07, 6.45) is 1.52. The van der Waals surface area contributed by atoms with Gasteiger partial charge in [-0.2, -0.15) is 0 Å². The fraction of sp³-hybridized carbons (Fsp3) is 0.611. The van der Waals surface area contributed by atoms with Crippen LogP contribution in [0.1, 0.15) is 38.3 Å². The summed E-state index contributed by atoms with van der Waals surface area (Å²) < 4.78 is 10.6. The lowest BCUT2D eigenvalue weighted by atomic mass is 10.1. The monoisotopic (exact) mass is 320 g/mol. The minimum Gasteiger partial charge on any atom is -0.444 e. The predicted molar refractivity (Wildman–Crippen MR) is 90.4 cm³/mol. The van der Waals surface area contributed by atoms with Crippen molar-refractivity contribution in [2.75, 3.05) is 19.8 Å². The molecule has 0 spiro atoms. The van der Waals surface area contributed by atoms with Crippen LogP contribution in [0.5, 0.6) is 0 Å². The molecule has 0 aliphatic carbocycles. The maximum Gasteiger partial charge on any atom is 0.407 e. The summed E-state index contributed by atoms with van der Waals surface area (Å²) >= 11 is 0. The molecule has 1 unspecified atom stereocenters. The zero-order valence-electron chi connectivity index (χ0n) is 14.4. The Hall–Kier alpha value is -1.59. The van der Waals surface area contributed by atoms with E-state index in [4.69, 9.17) is 9.47 Å². The summed E-state index contributed by atoms with van der Waals surface area (Å²) in [5, 5.41) is 6.28. The second-order valence-electron chi connectivity index (χ2n) is 6.94. The Labute approximate surface area is 138 Å². The molecule has 23 heavy (non-hydrogen) atoms. The van der Waals surface area contributed by atoms with Crippen molar-refractivity contribution in [3.8, 4) is 0 Å². The molecule has 1 aromatic carbocycles. The van der Waals surface area contributed by atoms with Crippen LogP contribution in [-0.2, 0) is 22.4 Å². The molecule has 1 heterocycles. The fourth-order valence-electron chi connectivity index (χ4n) is 2.40. The SMILES string of the molecule is CC(C)(C)OC(=O)NCCc1ccc(CNC2CCOC2)cc1. The van der Waals surface area contributed by atoms with E-state index in [2.05, 4.69) is 34.9 Å². The van der Waals surface area contributed by atoms with E-state index in [0.29, 0.717) is 12.6 Å². The van der Waals surface area contributed by atoms with Gasteiger partial charge in [0.1, 0.15) is 5.60 Å². The van der Waals surface area contributed by atoms with Crippen LogP contribution >= 0.6 is 0 Å². The number of hydrogen-bond donors (Lipinski definition) is 2. The molecule has 5 heteroatoms. The van der Waals surface area contributed by atoms with Crippen molar-refractivity contribution in [1.29, 1.82) is 0 Å². The van der Waals surface area contributed by atoms with Crippen molar-refractivity contribution >= 4 is 6.09 Å². The van der Waals surface area contributed by atoms with Crippen molar-refractivity contribution in [3.63, 3.8) is 0 Å². The first-order valence-corrected chi connectivity index (χ1v) is 8.28. The van der Waals surface area contributed by atoms with E-state index in [-0.39, 0.29) is 6.09 Å². The van der Waals surface area contributed by atoms with Crippen LogP contribution in [0.25, 0.3) is 0 Å². The highest BCUT2D eigenvalue weighted by molar-refractivity contribution is 5.67. The quantitative estimate of drug-likeness (QED) is 0.846. The lowest BCUT2D eigenvalue weighted by Crippen LogP contribution is -2.33. The molecule has 2 N–H and O–H groups in total. The zero-order valence-corrected chi connectivity index (χ0v) is 14.4. The molecule has 1 aromatic rings. The number of hydrogen-bond acceptors (Lipinski definition) is 4. The lowest BCUT2D eigenvalue weighted by Gasteiger charge is -2.19. The molecule has 0 aromatic heterocycles. The third-order valence-corrected chi connectivity index (χ3v) is 3.63. The van der Waals surface area contributed by atoms with Crippen LogP contribution in [0, 0.1) is 0 Å². The standard InChI is InChI=1S/C18H28N2O3/c1-18(2,3)23-17(21)19-10-8-14-4-6-15(7-5-14)12-20-16-9-11-22-13-16/h4-7,16,20H,8-13H2,1-3H3,(H,19,21). The summed E-state index contributed by atoms with van der Waals surface area (Å²) in [4.78, 5) is 11.6. The molecule has 1 atom stereocenters. The Balaban J connectivity index is 1.67. The Morgan fingerprint density at radius 3 is 2.57 bits per heavy atom. The Morgan fingerprint density at radius 1 is 1.26 bits per heavy atom. The van der Waals surface area contributed by atoms with Crippen LogP contribution in [0.2, 0.25) is 0 Å². The average Bonchev–Trinajstić information content (AvgIpc) is 2.98. The van der Waals surface area contributed by atoms with Gasteiger partial charge in [0.2, 0.25) is 0 Å². The van der Waals surface area contributed by atoms with Gasteiger partial charge in [-0.1, -0.05) is 24.3 Å². The van der Waals surface area contributed by atoms with E-state index in [0.717, 1.165) is 32.6 Å². The van der Waals surface area contributed by atoms with Crippen LogP contribution in [0.4, 0.5) is 4.79 Å². The first-order chi connectivity index (χ1) is 10.9. The highest BCUT2D eigenvalue weighted by Gasteiger charge is 2.15. The van der Waals surface area contributed by atoms with Crippen molar-refractivity contribution in [2.45, 2.75) is 51.8 Å². The van der Waals surface area contributed by atoms with Crippen molar-refractivity contribution in [3.05, 3.63) is 35.4 Å². The first kappa shape index (κ1) is 17.8. The second kappa shape index (κ2) is 8.31. The van der Waals surface area contributed by atoms with Gasteiger partial charge < -0.3 is 20.1 Å². The Morgan fingerprint density at radius 2 is 1.96 bits per heavy atom. The van der Waals surface area contributed by atoms with E-state index in [1.165, 1.54) is 11.1 Å². The van der Waals surface area contributed by atoms with E-state index in [9.17, 15) is 4.79 Å². The molecule has 0 saturated carbocycles. The number of alkyl carbamates (subject to hydrolysis) is 1. The minimum absolute atomic E-state index is 0.364. The van der Waals surface area contributed by atoms with Gasteiger partial charge in [0.05, 0.1) is 6.61 Å². The maximum atomic E-state index is 11.6. The normalized spacial score (nSPS) is 18.0. The molecular weight excluding hydrogens is 292 g/mol. The van der Waals surface area contributed by atoms with Gasteiger partial charge in [-0.25, -0.2) is 4.79 Å². The summed E-state index contributed by atoms with van der Waals surface area (Å²) in [5.41, 5.74) is 2.01. The van der Waals surface area contributed by atoms with Gasteiger partial charge in [0.15, 0.2) is 0 Å². The summed E-state index contributed by atoms with van der Waals surface area (Å²) in [6.45, 7) is 8.69. The van der Waals surface area contributed by atoms with Crippen LogP contribution < -0.4 is 10.6 Å². The first-order valence-electron chi connectivity index (χ1n) is 8.28. The molecule has 128 valence electrons. The molecule has 1 aliphatic heterocycles. The van der Waals surface area contributed by atoms with Crippen molar-refractivity contribution < 1.29 is 14.3 Å². The minimum atomic E-state index is -0.455. The third kappa shape index (κ3) is 7.01. The van der Waals surface area contributed by atoms with E-state index < -0.39 is 5.60 Å². The van der Waals surface area contributed by atoms with Crippen LogP contribution in [0.3, 0.4) is 0 Å². The van der Waals surface area contributed by atoms with Gasteiger partial charge in [0, 0.05) is 25.7 Å². The molecule has 1 amide bonds. The van der Waals surface area contributed by atoms with Crippen molar-refractivity contribution in [2.24, 2.45) is 0 Å². The van der Waals surface area contributed by atoms with E-state index >= 15 is 0 Å². The van der Waals surface area contributed by atoms with E-state index in [1.54, 1.807) is 0 Å². The molecule has 2 rings (SSSR count). The molecule has 1 saturated heterocycles. The van der Waals surface area contributed by atoms with Gasteiger partial charge in [-0.3, -0.25) is 0 Å². The summed E-state index contributed by atoms with van der Waals surface area (Å²) in [7, 11) is 0. The molecule has 5 nitrogen and oxygen atoms in total. The average molecular weight is 320 g/mol. The lowest BCUT2D eigenvalue weighted by molar-refractivity contribution is 0.0528. The maximum absolute atomic E-state index is 11.6. The number of carbonyl (C=O) groups excluding carboxylic acids is 1. The van der Waals surface area contributed by atoms with Gasteiger partial charge in [-0.05, 0) is 44.7 Å². The van der Waals surface area contributed by atoms with E-state index in [1.807, 2.05) is 20.8 Å². The number of amides is 1. The third-order valence-electron chi connectivity index (χ3n) is 3.63. The summed E-state index contributed by atoms with van der Waals surface area (Å²) in [5.74, 6) is 0. The molecule has 0 radical (unpaired) electrons. The Kier molecular flexibility index (Phi) is 6.42. The number of rotatable bonds is 6. The van der Waals surface area contributed by atoms with Gasteiger partial charge in [0.25, 0.3) is 0 Å². The molecular formula is C18H28N2O3. The number of ether oxygens (including phenoxy) is 2. The van der Waals surface area contributed by atoms with Gasteiger partial charge in [-0.15, -0.1) is 0 Å². The highest BCUT2D eigenvalue weighted by atomic mass is 16.6. The number of benzene rings is 1. The predicted octanol–water partition coefficient (Wildman–Crippen LogP) is 2.63. The molecule has 1 aliphatic rings. The summed E-state index contributed by atoms with van der Waals surface area (Å²) in [6, 6.07) is 8.96. The van der Waals surface area contributed by atoms with Crippen molar-refractivity contribution in [1.82, 2.24) is 10.6 Å². The number of carbonyl (C=O) groups is 1. The van der Waals surface area contributed by atoms with Crippen LogP contribution in [-0.4, -0.2) is 37.5 Å². The number of nitrogens with one attached hydrogen (secondary N) is 2. The molecule has 0 bridgehead atoms.